The van der Waals surface area contributed by atoms with Gasteiger partial charge in [-0.2, -0.15) is 0 Å². The van der Waals surface area contributed by atoms with E-state index in [1.807, 2.05) is 13.8 Å². The first kappa shape index (κ1) is 50.5. The van der Waals surface area contributed by atoms with E-state index < -0.39 is 11.9 Å². The largest absolute Gasteiger partial charge is 2.00 e. The number of rotatable bonds is 26. The van der Waals surface area contributed by atoms with Crippen molar-refractivity contribution in [1.29, 1.82) is 0 Å². The van der Waals surface area contributed by atoms with Crippen LogP contribution < -0.4 is 0 Å². The first-order valence-corrected chi connectivity index (χ1v) is 18.4. The molecule has 0 saturated carbocycles. The summed E-state index contributed by atoms with van der Waals surface area (Å²) in [6.07, 6.45) is 25.3. The molecule has 0 spiro atoms. The molecule has 0 saturated heterocycles. The van der Waals surface area contributed by atoms with E-state index in [0.29, 0.717) is 11.8 Å². The maximum absolute atomic E-state index is 12.3. The Balaban J connectivity index is -0.000000588. The first-order chi connectivity index (χ1) is 20.3. The van der Waals surface area contributed by atoms with Crippen molar-refractivity contribution < 1.29 is 20.0 Å². The zero-order valence-corrected chi connectivity index (χ0v) is 36.4. The van der Waals surface area contributed by atoms with Crippen LogP contribution in [0.1, 0.15) is 191 Å². The molecule has 0 rings (SSSR count). The summed E-state index contributed by atoms with van der Waals surface area (Å²) < 4.78 is 5.05. The maximum atomic E-state index is 12.3. The van der Waals surface area contributed by atoms with Crippen LogP contribution in [0.15, 0.2) is 23.3 Å². The van der Waals surface area contributed by atoms with Crippen LogP contribution in [0.5, 0.6) is 0 Å². The predicted molar refractivity (Wildman–Crippen MR) is 204 cm³/mol. The van der Waals surface area contributed by atoms with Gasteiger partial charge in [0.2, 0.25) is 0 Å². The molecule has 4 atom stereocenters. The summed E-state index contributed by atoms with van der Waals surface area (Å²) >= 11 is 0. The molecule has 260 valence electrons. The van der Waals surface area contributed by atoms with Gasteiger partial charge in [0, 0.05) is 12.2 Å². The predicted octanol–water partition coefficient (Wildman–Crippen LogP) is 12.5. The molecule has 0 aromatic carbocycles. The number of carbonyl (C=O) groups is 2. The fourth-order valence-electron chi connectivity index (χ4n) is 6.12. The third kappa shape index (κ3) is 34.8. The topological polar surface area (TPSA) is 43.4 Å². The van der Waals surface area contributed by atoms with Gasteiger partial charge < -0.3 is 10.4 Å². The van der Waals surface area contributed by atoms with Crippen molar-refractivity contribution in [3.63, 3.8) is 0 Å². The number of allylic oxidation sites excluding steroid dienone is 2. The Labute approximate surface area is 347 Å². The Morgan fingerprint density at radius 2 is 0.711 bits per heavy atom. The summed E-state index contributed by atoms with van der Waals surface area (Å²) in [5.74, 6) is 3.66. The molecule has 0 heterocycles. The minimum Gasteiger partial charge on any atom is -1.00 e. The van der Waals surface area contributed by atoms with E-state index in [2.05, 4.69) is 55.4 Å². The quantitative estimate of drug-likeness (QED) is 0.0394. The van der Waals surface area contributed by atoms with E-state index in [4.69, 9.17) is 4.74 Å². The van der Waals surface area contributed by atoms with Gasteiger partial charge in [0.1, 0.15) is 0 Å². The molecule has 0 aromatic heterocycles. The van der Waals surface area contributed by atoms with Gasteiger partial charge in [0.05, 0.1) is 0 Å². The van der Waals surface area contributed by atoms with Crippen LogP contribution in [-0.4, -0.2) is 87.4 Å². The third-order valence-electron chi connectivity index (χ3n) is 9.21. The molecular weight excluding hydrogens is 609 g/mol. The molecule has 0 N–H and O–H groups in total. The second-order valence-electron chi connectivity index (χ2n) is 15.4. The molecule has 0 aliphatic heterocycles. The van der Waals surface area contributed by atoms with E-state index >= 15 is 0 Å². The molecule has 0 radical (unpaired) electrons. The zero-order valence-electron chi connectivity index (χ0n) is 36.0. The minimum atomic E-state index is -0.543. The number of ether oxygens (including phenoxy) is 1. The molecule has 0 amide bonds. The van der Waals surface area contributed by atoms with Crippen molar-refractivity contribution in [3.8, 4) is 0 Å². The van der Waals surface area contributed by atoms with Gasteiger partial charge in [-0.15, -0.1) is 0 Å². The zero-order chi connectivity index (χ0) is 32.6. The fraction of sp³-hybridized carbons (Fsp3) is 0.850. The van der Waals surface area contributed by atoms with Gasteiger partial charge in [-0.3, -0.25) is 0 Å². The van der Waals surface area contributed by atoms with Crippen LogP contribution in [0.25, 0.3) is 0 Å². The van der Waals surface area contributed by atoms with Gasteiger partial charge in [-0.05, 0) is 75.0 Å². The van der Waals surface area contributed by atoms with E-state index in [0.717, 1.165) is 60.5 Å². The van der Waals surface area contributed by atoms with Crippen LogP contribution in [0.2, 0.25) is 0 Å². The molecule has 0 aliphatic carbocycles. The van der Waals surface area contributed by atoms with Crippen molar-refractivity contribution >= 4 is 87.4 Å². The van der Waals surface area contributed by atoms with Crippen molar-refractivity contribution in [2.75, 3.05) is 0 Å². The molecule has 0 unspecified atom stereocenters. The number of esters is 2. The van der Waals surface area contributed by atoms with Crippen LogP contribution in [0.3, 0.4) is 0 Å². The molecule has 5 heteroatoms. The van der Waals surface area contributed by atoms with Crippen LogP contribution in [0.4, 0.5) is 0 Å². The van der Waals surface area contributed by atoms with Gasteiger partial charge >= 0.3 is 87.4 Å². The van der Waals surface area contributed by atoms with E-state index in [-0.39, 0.29) is 81.2 Å². The van der Waals surface area contributed by atoms with Gasteiger partial charge in [-0.1, -0.05) is 156 Å². The average Bonchev–Trinajstić information content (AvgIpc) is 2.87. The third-order valence-corrected chi connectivity index (χ3v) is 9.21. The van der Waals surface area contributed by atoms with Crippen LogP contribution >= 0.6 is 0 Å². The Hall–Kier alpha value is 1.14. The normalized spacial score (nSPS) is 14.8. The molecule has 0 aliphatic rings. The van der Waals surface area contributed by atoms with Crippen LogP contribution in [0, 0.1) is 35.5 Å². The molecule has 0 fully saturated rings. The van der Waals surface area contributed by atoms with Crippen molar-refractivity contribution in [2.24, 2.45) is 35.5 Å². The molecule has 0 bridgehead atoms. The second-order valence-corrected chi connectivity index (χ2v) is 15.4. The summed E-state index contributed by atoms with van der Waals surface area (Å²) in [5.41, 5.74) is 1.98. The fourth-order valence-corrected chi connectivity index (χ4v) is 6.12. The number of carbonyl (C=O) groups excluding carboxylic acids is 2. The Kier molecular flexibility index (Phi) is 36.3. The summed E-state index contributed by atoms with van der Waals surface area (Å²) in [6.45, 7) is 22.7. The average molecular weight is 687 g/mol. The van der Waals surface area contributed by atoms with Gasteiger partial charge in [-0.25, -0.2) is 9.59 Å². The monoisotopic (exact) mass is 687 g/mol. The SMILES string of the molecule is C/C(=C\C(=O)OC(=O)/C=C(\C)CCC[C@H](C)CCC[C@H](C)CCCC(C)C)CCC[C@H](C)CCC[C@H](C)CCCC(C)C.[Ca+2].[Ca+2].[H-].[H-].[H-].[H-]. The van der Waals surface area contributed by atoms with Crippen molar-refractivity contribution in [2.45, 2.75) is 185 Å². The van der Waals surface area contributed by atoms with E-state index in [9.17, 15) is 9.59 Å². The molecule has 45 heavy (non-hydrogen) atoms. The molecule has 0 aromatic rings. The summed E-state index contributed by atoms with van der Waals surface area (Å²) in [4.78, 5) is 24.5. The minimum absolute atomic E-state index is 0. The van der Waals surface area contributed by atoms with Crippen molar-refractivity contribution in [1.82, 2.24) is 0 Å². The summed E-state index contributed by atoms with van der Waals surface area (Å²) in [5, 5.41) is 0. The first-order valence-electron chi connectivity index (χ1n) is 18.4. The summed E-state index contributed by atoms with van der Waals surface area (Å²) in [6, 6.07) is 0. The van der Waals surface area contributed by atoms with Crippen LogP contribution in [-0.2, 0) is 14.3 Å². The van der Waals surface area contributed by atoms with E-state index in [1.54, 1.807) is 0 Å². The Morgan fingerprint density at radius 1 is 0.467 bits per heavy atom. The maximum Gasteiger partial charge on any atom is 2.00 e. The summed E-state index contributed by atoms with van der Waals surface area (Å²) in [7, 11) is 0. The van der Waals surface area contributed by atoms with Crippen molar-refractivity contribution in [3.05, 3.63) is 23.3 Å². The molecular formula is C40H78Ca2O3. The Bertz CT molecular complexity index is 742. The molecule has 3 nitrogen and oxygen atoms in total. The van der Waals surface area contributed by atoms with E-state index in [1.165, 1.54) is 102 Å². The van der Waals surface area contributed by atoms with Gasteiger partial charge in [0.15, 0.2) is 0 Å². The standard InChI is InChI=1S/C40H74O3.2Ca.4H/c1-31(2)17-11-19-33(5)21-13-23-35(7)25-15-27-37(9)29-39(41)43-40(42)30-38(10)28-16-26-36(8)24-14-22-34(6)20-12-18-32(3)4;;;;;;/h29-36H,11-28H2,1-10H3;;;;;;/q;2*+2;4*-1/b37-29+,38-30+;;;;;;/t33-,34-,35-,36-;;;;;;/m1....../s1. The number of hydrogen-bond donors (Lipinski definition) is 0. The smallest absolute Gasteiger partial charge is 1.00 e. The Morgan fingerprint density at radius 3 is 0.978 bits per heavy atom. The van der Waals surface area contributed by atoms with Gasteiger partial charge in [0.25, 0.3) is 0 Å². The number of hydrogen-bond acceptors (Lipinski definition) is 3. The second kappa shape index (κ2) is 32.4.